The zero-order chi connectivity index (χ0) is 20.5. The summed E-state index contributed by atoms with van der Waals surface area (Å²) >= 11 is 0. The Morgan fingerprint density at radius 3 is 2.64 bits per heavy atom. The number of aliphatic hydroxyl groups excluding tert-OH is 1. The lowest BCUT2D eigenvalue weighted by Crippen LogP contribution is -2.37. The minimum atomic E-state index is -0.0389. The van der Waals surface area contributed by atoms with Gasteiger partial charge in [-0.25, -0.2) is 4.99 Å². The van der Waals surface area contributed by atoms with Gasteiger partial charge in [-0.3, -0.25) is 4.68 Å². The molecule has 0 saturated carbocycles. The van der Waals surface area contributed by atoms with Gasteiger partial charge in [0.2, 0.25) is 0 Å². The molecule has 8 nitrogen and oxygen atoms in total. The lowest BCUT2D eigenvalue weighted by molar-refractivity contribution is 0.196. The maximum Gasteiger partial charge on any atom is 0.191 e. The van der Waals surface area contributed by atoms with Crippen molar-refractivity contribution >= 4 is 5.96 Å². The van der Waals surface area contributed by atoms with Crippen molar-refractivity contribution in [2.75, 3.05) is 26.9 Å². The SMILES string of the molecule is CCNC(=NCc1ccc(OCCO)c(OC)c1)NCc1c(C)nn(C)c1C. The van der Waals surface area contributed by atoms with Crippen LogP contribution < -0.4 is 20.1 Å². The molecule has 0 aliphatic carbocycles. The van der Waals surface area contributed by atoms with E-state index in [9.17, 15) is 0 Å². The van der Waals surface area contributed by atoms with Gasteiger partial charge in [-0.2, -0.15) is 5.10 Å². The summed E-state index contributed by atoms with van der Waals surface area (Å²) in [5.74, 6) is 1.97. The van der Waals surface area contributed by atoms with Gasteiger partial charge < -0.3 is 25.2 Å². The summed E-state index contributed by atoms with van der Waals surface area (Å²) in [6, 6.07) is 5.68. The lowest BCUT2D eigenvalue weighted by Gasteiger charge is -2.13. The highest BCUT2D eigenvalue weighted by atomic mass is 16.5. The van der Waals surface area contributed by atoms with Crippen LogP contribution in [-0.4, -0.2) is 47.7 Å². The van der Waals surface area contributed by atoms with Crippen molar-refractivity contribution in [3.8, 4) is 11.5 Å². The number of aryl methyl sites for hydroxylation is 2. The van der Waals surface area contributed by atoms with E-state index in [-0.39, 0.29) is 13.2 Å². The average Bonchev–Trinajstić information content (AvgIpc) is 2.94. The molecule has 1 aromatic carbocycles. The predicted octanol–water partition coefficient (Wildman–Crippen LogP) is 1.67. The number of aliphatic hydroxyl groups is 1. The number of aromatic nitrogens is 2. The number of aliphatic imine (C=N–C) groups is 1. The summed E-state index contributed by atoms with van der Waals surface area (Å²) in [6.07, 6.45) is 0. The Bertz CT molecular complexity index is 801. The van der Waals surface area contributed by atoms with E-state index in [0.717, 1.165) is 29.5 Å². The Labute approximate surface area is 166 Å². The Kier molecular flexibility index (Phi) is 8.13. The van der Waals surface area contributed by atoms with Gasteiger partial charge in [0.1, 0.15) is 6.61 Å². The minimum Gasteiger partial charge on any atom is -0.493 e. The molecule has 154 valence electrons. The fraction of sp³-hybridized carbons (Fsp3) is 0.500. The number of nitrogens with one attached hydrogen (secondary N) is 2. The van der Waals surface area contributed by atoms with Crippen LogP contribution in [0.4, 0.5) is 0 Å². The molecule has 28 heavy (non-hydrogen) atoms. The molecule has 0 radical (unpaired) electrons. The van der Waals surface area contributed by atoms with E-state index in [2.05, 4.69) is 27.6 Å². The van der Waals surface area contributed by atoms with E-state index >= 15 is 0 Å². The zero-order valence-corrected chi connectivity index (χ0v) is 17.4. The van der Waals surface area contributed by atoms with Crippen molar-refractivity contribution in [3.05, 3.63) is 40.7 Å². The number of benzene rings is 1. The molecule has 0 amide bonds. The van der Waals surface area contributed by atoms with Gasteiger partial charge in [-0.1, -0.05) is 6.07 Å². The first-order valence-electron chi connectivity index (χ1n) is 9.42. The summed E-state index contributed by atoms with van der Waals surface area (Å²) in [6.45, 7) is 8.24. The molecular weight excluding hydrogens is 358 g/mol. The maximum absolute atomic E-state index is 8.91. The molecule has 8 heteroatoms. The standard InChI is InChI=1S/C20H31N5O3/c1-6-21-20(23-13-17-14(2)24-25(4)15(17)3)22-12-16-7-8-18(28-10-9-26)19(11-16)27-5/h7-8,11,26H,6,9-10,12-13H2,1-5H3,(H2,21,22,23). The highest BCUT2D eigenvalue weighted by Gasteiger charge is 2.10. The van der Waals surface area contributed by atoms with E-state index in [1.807, 2.05) is 43.8 Å². The summed E-state index contributed by atoms with van der Waals surface area (Å²) in [5, 5.41) is 20.0. The van der Waals surface area contributed by atoms with Crippen molar-refractivity contribution < 1.29 is 14.6 Å². The number of rotatable bonds is 9. The van der Waals surface area contributed by atoms with Gasteiger partial charge in [-0.15, -0.1) is 0 Å². The van der Waals surface area contributed by atoms with Crippen LogP contribution in [0.15, 0.2) is 23.2 Å². The number of nitrogens with zero attached hydrogens (tertiary/aromatic N) is 3. The molecule has 1 heterocycles. The first-order valence-corrected chi connectivity index (χ1v) is 9.42. The van der Waals surface area contributed by atoms with E-state index in [4.69, 9.17) is 14.6 Å². The molecule has 0 saturated heterocycles. The Hall–Kier alpha value is -2.74. The summed E-state index contributed by atoms with van der Waals surface area (Å²) in [7, 11) is 3.55. The summed E-state index contributed by atoms with van der Waals surface area (Å²) in [5.41, 5.74) is 4.34. The van der Waals surface area contributed by atoms with Gasteiger partial charge >= 0.3 is 0 Å². The second kappa shape index (κ2) is 10.6. The third kappa shape index (κ3) is 5.63. The third-order valence-electron chi connectivity index (χ3n) is 4.43. The van der Waals surface area contributed by atoms with Crippen LogP contribution in [0.5, 0.6) is 11.5 Å². The number of hydrogen-bond donors (Lipinski definition) is 3. The molecule has 0 bridgehead atoms. The van der Waals surface area contributed by atoms with Crippen LogP contribution in [0.2, 0.25) is 0 Å². The average molecular weight is 390 g/mol. The first-order chi connectivity index (χ1) is 13.5. The number of hydrogen-bond acceptors (Lipinski definition) is 5. The second-order valence-corrected chi connectivity index (χ2v) is 6.38. The molecule has 0 spiro atoms. The zero-order valence-electron chi connectivity index (χ0n) is 17.4. The highest BCUT2D eigenvalue weighted by Crippen LogP contribution is 2.28. The number of methoxy groups -OCH3 is 1. The van der Waals surface area contributed by atoms with Crippen molar-refractivity contribution in [2.24, 2.45) is 12.0 Å². The molecule has 0 unspecified atom stereocenters. The molecule has 2 aromatic rings. The van der Waals surface area contributed by atoms with Crippen LogP contribution in [0, 0.1) is 13.8 Å². The predicted molar refractivity (Wildman–Crippen MR) is 110 cm³/mol. The highest BCUT2D eigenvalue weighted by molar-refractivity contribution is 5.79. The van der Waals surface area contributed by atoms with Crippen LogP contribution in [0.3, 0.4) is 0 Å². The van der Waals surface area contributed by atoms with Crippen LogP contribution in [-0.2, 0) is 20.1 Å². The van der Waals surface area contributed by atoms with E-state index < -0.39 is 0 Å². The quantitative estimate of drug-likeness (QED) is 0.446. The van der Waals surface area contributed by atoms with Crippen LogP contribution >= 0.6 is 0 Å². The molecular formula is C20H31N5O3. The van der Waals surface area contributed by atoms with Crippen LogP contribution in [0.1, 0.15) is 29.4 Å². The molecule has 0 atom stereocenters. The maximum atomic E-state index is 8.91. The molecule has 0 aliphatic heterocycles. The number of ether oxygens (including phenoxy) is 2. The van der Waals surface area contributed by atoms with E-state index in [1.165, 1.54) is 5.56 Å². The molecule has 1 aromatic heterocycles. The van der Waals surface area contributed by atoms with Crippen molar-refractivity contribution in [1.82, 2.24) is 20.4 Å². The van der Waals surface area contributed by atoms with Gasteiger partial charge in [0.15, 0.2) is 17.5 Å². The first kappa shape index (κ1) is 21.6. The van der Waals surface area contributed by atoms with Crippen molar-refractivity contribution in [3.63, 3.8) is 0 Å². The fourth-order valence-corrected chi connectivity index (χ4v) is 2.84. The van der Waals surface area contributed by atoms with Gasteiger partial charge in [0, 0.05) is 31.4 Å². The second-order valence-electron chi connectivity index (χ2n) is 6.38. The van der Waals surface area contributed by atoms with E-state index in [0.29, 0.717) is 24.6 Å². The van der Waals surface area contributed by atoms with Gasteiger partial charge in [0.05, 0.1) is 26.0 Å². The monoisotopic (exact) mass is 389 g/mol. The summed E-state index contributed by atoms with van der Waals surface area (Å²) < 4.78 is 12.7. The minimum absolute atomic E-state index is 0.0389. The summed E-state index contributed by atoms with van der Waals surface area (Å²) in [4.78, 5) is 4.66. The van der Waals surface area contributed by atoms with Crippen molar-refractivity contribution in [2.45, 2.75) is 33.9 Å². The van der Waals surface area contributed by atoms with E-state index in [1.54, 1.807) is 7.11 Å². The topological polar surface area (TPSA) is 92.9 Å². The van der Waals surface area contributed by atoms with Gasteiger partial charge in [0.25, 0.3) is 0 Å². The lowest BCUT2D eigenvalue weighted by atomic mass is 10.2. The fourth-order valence-electron chi connectivity index (χ4n) is 2.84. The Morgan fingerprint density at radius 1 is 1.25 bits per heavy atom. The third-order valence-corrected chi connectivity index (χ3v) is 4.43. The van der Waals surface area contributed by atoms with Gasteiger partial charge in [-0.05, 0) is 38.5 Å². The molecule has 0 fully saturated rings. The largest absolute Gasteiger partial charge is 0.493 e. The normalized spacial score (nSPS) is 11.4. The van der Waals surface area contributed by atoms with Crippen LogP contribution in [0.25, 0.3) is 0 Å². The number of guanidine groups is 1. The Balaban J connectivity index is 2.07. The molecule has 3 N–H and O–H groups in total. The molecule has 0 aliphatic rings. The van der Waals surface area contributed by atoms with Crippen molar-refractivity contribution in [1.29, 1.82) is 0 Å². The molecule has 2 rings (SSSR count). The smallest absolute Gasteiger partial charge is 0.191 e. The Morgan fingerprint density at radius 2 is 2.04 bits per heavy atom.